The van der Waals surface area contributed by atoms with Crippen molar-refractivity contribution in [3.63, 3.8) is 0 Å². The second-order valence-electron chi connectivity index (χ2n) is 11.5. The van der Waals surface area contributed by atoms with Gasteiger partial charge >= 0.3 is 6.09 Å². The molecule has 3 nitrogen and oxygen atoms in total. The highest BCUT2D eigenvalue weighted by Crippen LogP contribution is 2.43. The fourth-order valence-corrected chi connectivity index (χ4v) is 10.6. The molecular formula is C35H39NO2P2. The summed E-state index contributed by atoms with van der Waals surface area (Å²) in [6, 6.07) is 43.6. The summed E-state index contributed by atoms with van der Waals surface area (Å²) < 4.78 is 5.97. The van der Waals surface area contributed by atoms with Gasteiger partial charge in [0, 0.05) is 12.6 Å². The smallest absolute Gasteiger partial charge is 0.410 e. The van der Waals surface area contributed by atoms with Crippen molar-refractivity contribution >= 4 is 43.2 Å². The van der Waals surface area contributed by atoms with E-state index < -0.39 is 21.4 Å². The van der Waals surface area contributed by atoms with Gasteiger partial charge in [-0.3, -0.25) is 0 Å². The van der Waals surface area contributed by atoms with E-state index in [0.29, 0.717) is 5.92 Å². The molecule has 4 aromatic rings. The second-order valence-corrected chi connectivity index (χ2v) is 16.0. The van der Waals surface area contributed by atoms with Gasteiger partial charge in [0.1, 0.15) is 5.60 Å². The SMILES string of the molecule is CC(C)(C)OC(=O)N1CC(CP(c2ccccc2)c2ccccc2)CC1CP(c1ccccc1)c1ccccc1. The standard InChI is InChI=1S/C35H39NO2P2/c1-35(2,3)38-34(37)36-25-28(26-39(30-16-8-4-9-17-30)31-18-10-5-11-19-31)24-29(36)27-40(32-20-12-6-13-21-32)33-22-14-7-15-23-33/h4-23,28-29H,24-27H2,1-3H3. The van der Waals surface area contributed by atoms with Gasteiger partial charge < -0.3 is 9.64 Å². The van der Waals surface area contributed by atoms with Crippen molar-refractivity contribution in [3.8, 4) is 0 Å². The molecule has 0 spiro atoms. The van der Waals surface area contributed by atoms with Crippen LogP contribution in [0.15, 0.2) is 121 Å². The molecule has 1 heterocycles. The maximum atomic E-state index is 13.6. The monoisotopic (exact) mass is 567 g/mol. The molecule has 5 heteroatoms. The van der Waals surface area contributed by atoms with Crippen LogP contribution in [0.25, 0.3) is 0 Å². The van der Waals surface area contributed by atoms with Gasteiger partial charge in [0.2, 0.25) is 0 Å². The topological polar surface area (TPSA) is 29.5 Å². The van der Waals surface area contributed by atoms with E-state index in [1.165, 1.54) is 21.2 Å². The molecule has 0 bridgehead atoms. The molecule has 1 aliphatic heterocycles. The first kappa shape index (κ1) is 28.5. The number of hydrogen-bond donors (Lipinski definition) is 0. The van der Waals surface area contributed by atoms with Crippen molar-refractivity contribution in [1.29, 1.82) is 0 Å². The molecule has 0 aromatic heterocycles. The van der Waals surface area contributed by atoms with Gasteiger partial charge in [0.25, 0.3) is 0 Å². The van der Waals surface area contributed by atoms with Crippen molar-refractivity contribution in [1.82, 2.24) is 4.90 Å². The minimum absolute atomic E-state index is 0.134. The predicted molar refractivity (Wildman–Crippen MR) is 173 cm³/mol. The molecule has 1 saturated heterocycles. The number of nitrogens with zero attached hydrogens (tertiary/aromatic N) is 1. The van der Waals surface area contributed by atoms with Crippen LogP contribution < -0.4 is 21.2 Å². The molecule has 0 aliphatic carbocycles. The highest BCUT2D eigenvalue weighted by atomic mass is 31.1. The van der Waals surface area contributed by atoms with Gasteiger partial charge in [-0.2, -0.15) is 0 Å². The van der Waals surface area contributed by atoms with Crippen LogP contribution in [0.1, 0.15) is 27.2 Å². The summed E-state index contributed by atoms with van der Waals surface area (Å²) in [5.74, 6) is 0.410. The molecule has 1 aliphatic rings. The molecule has 2 unspecified atom stereocenters. The first-order valence-corrected chi connectivity index (χ1v) is 17.2. The van der Waals surface area contributed by atoms with Crippen molar-refractivity contribution in [2.75, 3.05) is 18.9 Å². The maximum absolute atomic E-state index is 13.6. The summed E-state index contributed by atoms with van der Waals surface area (Å²) in [5, 5.41) is 5.50. The van der Waals surface area contributed by atoms with Crippen molar-refractivity contribution < 1.29 is 9.53 Å². The predicted octanol–water partition coefficient (Wildman–Crippen LogP) is 6.88. The Morgan fingerprint density at radius 1 is 0.675 bits per heavy atom. The Labute approximate surface area is 242 Å². The number of hydrogen-bond acceptors (Lipinski definition) is 2. The van der Waals surface area contributed by atoms with E-state index in [1.807, 2.05) is 20.8 Å². The quantitative estimate of drug-likeness (QED) is 0.217. The van der Waals surface area contributed by atoms with E-state index >= 15 is 0 Å². The molecule has 206 valence electrons. The molecule has 2 atom stereocenters. The Kier molecular flexibility index (Phi) is 9.36. The largest absolute Gasteiger partial charge is 0.444 e. The third kappa shape index (κ3) is 7.39. The van der Waals surface area contributed by atoms with Crippen LogP contribution in [-0.2, 0) is 4.74 Å². The van der Waals surface area contributed by atoms with E-state index in [-0.39, 0.29) is 12.1 Å². The molecule has 1 fully saturated rings. The Morgan fingerprint density at radius 2 is 1.05 bits per heavy atom. The number of carbonyl (C=O) groups is 1. The Hall–Kier alpha value is -2.99. The van der Waals surface area contributed by atoms with E-state index in [4.69, 9.17) is 4.74 Å². The van der Waals surface area contributed by atoms with Crippen LogP contribution in [0, 0.1) is 5.92 Å². The first-order chi connectivity index (χ1) is 19.4. The zero-order valence-corrected chi connectivity index (χ0v) is 25.5. The second kappa shape index (κ2) is 13.1. The molecule has 0 radical (unpaired) electrons. The molecule has 0 saturated carbocycles. The minimum atomic E-state index is -0.618. The third-order valence-electron chi connectivity index (χ3n) is 7.23. The Balaban J connectivity index is 1.44. The van der Waals surface area contributed by atoms with E-state index in [1.54, 1.807) is 0 Å². The number of rotatable bonds is 8. The van der Waals surface area contributed by atoms with Crippen LogP contribution in [0.5, 0.6) is 0 Å². The van der Waals surface area contributed by atoms with Crippen molar-refractivity contribution in [2.45, 2.75) is 38.8 Å². The number of carbonyl (C=O) groups excluding carboxylic acids is 1. The highest BCUT2D eigenvalue weighted by Gasteiger charge is 2.40. The van der Waals surface area contributed by atoms with E-state index in [0.717, 1.165) is 25.3 Å². The first-order valence-electron chi connectivity index (χ1n) is 14.1. The van der Waals surface area contributed by atoms with Crippen LogP contribution in [0.2, 0.25) is 0 Å². The minimum Gasteiger partial charge on any atom is -0.444 e. The van der Waals surface area contributed by atoms with Crippen molar-refractivity contribution in [3.05, 3.63) is 121 Å². The van der Waals surface area contributed by atoms with Crippen LogP contribution in [0.3, 0.4) is 0 Å². The van der Waals surface area contributed by atoms with E-state index in [2.05, 4.69) is 126 Å². The fraction of sp³-hybridized carbons (Fsp3) is 0.286. The summed E-state index contributed by atoms with van der Waals surface area (Å²) in [5.41, 5.74) is -0.524. The Morgan fingerprint density at radius 3 is 1.43 bits per heavy atom. The van der Waals surface area contributed by atoms with Crippen LogP contribution in [0.4, 0.5) is 4.79 Å². The van der Waals surface area contributed by atoms with Gasteiger partial charge in [-0.25, -0.2) is 4.79 Å². The summed E-state index contributed by atoms with van der Waals surface area (Å²) in [7, 11) is -1.15. The van der Waals surface area contributed by atoms with Gasteiger partial charge in [-0.1, -0.05) is 121 Å². The lowest BCUT2D eigenvalue weighted by molar-refractivity contribution is 0.0237. The number of likely N-dealkylation sites (tertiary alicyclic amines) is 1. The maximum Gasteiger partial charge on any atom is 0.410 e. The summed E-state index contributed by atoms with van der Waals surface area (Å²) >= 11 is 0. The van der Waals surface area contributed by atoms with Crippen LogP contribution >= 0.6 is 15.8 Å². The molecule has 4 aromatic carbocycles. The third-order valence-corrected chi connectivity index (χ3v) is 12.6. The normalized spacial score (nSPS) is 17.4. The molecule has 5 rings (SSSR count). The number of ether oxygens (including phenoxy) is 1. The van der Waals surface area contributed by atoms with Crippen LogP contribution in [-0.4, -0.2) is 41.5 Å². The molecule has 0 N–H and O–H groups in total. The fourth-order valence-electron chi connectivity index (χ4n) is 5.48. The summed E-state index contributed by atoms with van der Waals surface area (Å²) in [6.07, 6.45) is 2.82. The van der Waals surface area contributed by atoms with Gasteiger partial charge in [0.05, 0.1) is 0 Å². The lowest BCUT2D eigenvalue weighted by Gasteiger charge is -2.31. The van der Waals surface area contributed by atoms with Crippen molar-refractivity contribution in [2.24, 2.45) is 5.92 Å². The lowest BCUT2D eigenvalue weighted by Crippen LogP contribution is -2.42. The Bertz CT molecular complexity index is 1270. The average Bonchev–Trinajstić information content (AvgIpc) is 3.38. The molecule has 1 amide bonds. The van der Waals surface area contributed by atoms with Gasteiger partial charge in [-0.05, 0) is 82.5 Å². The lowest BCUT2D eigenvalue weighted by atomic mass is 10.1. The number of benzene rings is 4. The summed E-state index contributed by atoms with van der Waals surface area (Å²) in [6.45, 7) is 6.61. The average molecular weight is 568 g/mol. The van der Waals surface area contributed by atoms with E-state index in [9.17, 15) is 4.79 Å². The highest BCUT2D eigenvalue weighted by molar-refractivity contribution is 7.73. The molecule has 40 heavy (non-hydrogen) atoms. The zero-order chi connectivity index (χ0) is 28.0. The molecular weight excluding hydrogens is 528 g/mol. The van der Waals surface area contributed by atoms with Gasteiger partial charge in [0.15, 0.2) is 0 Å². The van der Waals surface area contributed by atoms with Gasteiger partial charge in [-0.15, -0.1) is 0 Å². The summed E-state index contributed by atoms with van der Waals surface area (Å²) in [4.78, 5) is 15.7. The zero-order valence-electron chi connectivity index (χ0n) is 23.7. The number of amides is 1.